The van der Waals surface area contributed by atoms with Crippen LogP contribution in [0.5, 0.6) is 5.75 Å². The van der Waals surface area contributed by atoms with E-state index in [0.717, 1.165) is 5.69 Å². The molecule has 0 fully saturated rings. The van der Waals surface area contributed by atoms with Crippen molar-refractivity contribution in [3.63, 3.8) is 0 Å². The number of carbonyl (C=O) groups is 2. The lowest BCUT2D eigenvalue weighted by Crippen LogP contribution is -2.42. The number of nitrogens with zero attached hydrogens (tertiary/aromatic N) is 1. The SMILES string of the molecule is CC(C)C(Nc1ccc(C(=O)N(C)CCC(=O)O)cc1)C1Oc2cccc(F)c2C1C. The fourth-order valence-electron chi connectivity index (χ4n) is 3.97. The molecule has 0 spiro atoms. The number of aliphatic carboxylic acids is 1. The summed E-state index contributed by atoms with van der Waals surface area (Å²) in [6.45, 7) is 6.30. The first kappa shape index (κ1) is 22.6. The Kier molecular flexibility index (Phi) is 6.83. The van der Waals surface area contributed by atoms with Gasteiger partial charge in [-0.2, -0.15) is 0 Å². The standard InChI is InChI=1S/C24H29FN2O4/c1-14(2)22(23-15(3)21-18(25)6-5-7-19(21)31-23)26-17-10-8-16(9-11-17)24(30)27(4)13-12-20(28)29/h5-11,14-15,22-23,26H,12-13H2,1-4H3,(H,28,29). The first-order valence-electron chi connectivity index (χ1n) is 10.5. The first-order chi connectivity index (χ1) is 14.7. The Morgan fingerprint density at radius 3 is 2.45 bits per heavy atom. The minimum Gasteiger partial charge on any atom is -0.487 e. The molecule has 2 aromatic rings. The fraction of sp³-hybridized carbons (Fsp3) is 0.417. The molecule has 0 radical (unpaired) electrons. The fourth-order valence-corrected chi connectivity index (χ4v) is 3.97. The molecule has 3 rings (SSSR count). The van der Waals surface area contributed by atoms with Gasteiger partial charge in [-0.25, -0.2) is 4.39 Å². The molecule has 0 bridgehead atoms. The molecule has 3 unspecified atom stereocenters. The molecule has 1 aliphatic rings. The second-order valence-corrected chi connectivity index (χ2v) is 8.38. The second kappa shape index (κ2) is 9.37. The average molecular weight is 429 g/mol. The number of anilines is 1. The lowest BCUT2D eigenvalue weighted by molar-refractivity contribution is -0.137. The molecule has 2 aromatic carbocycles. The maximum atomic E-state index is 14.3. The van der Waals surface area contributed by atoms with E-state index in [2.05, 4.69) is 19.2 Å². The summed E-state index contributed by atoms with van der Waals surface area (Å²) in [5.41, 5.74) is 1.93. The Balaban J connectivity index is 1.71. The molecule has 6 nitrogen and oxygen atoms in total. The summed E-state index contributed by atoms with van der Waals surface area (Å²) >= 11 is 0. The second-order valence-electron chi connectivity index (χ2n) is 8.38. The van der Waals surface area contributed by atoms with Crippen molar-refractivity contribution in [1.82, 2.24) is 4.90 Å². The minimum atomic E-state index is -0.940. The molecule has 0 saturated heterocycles. The van der Waals surface area contributed by atoms with E-state index in [1.54, 1.807) is 31.3 Å². The third-order valence-electron chi connectivity index (χ3n) is 5.77. The van der Waals surface area contributed by atoms with Crippen LogP contribution in [0, 0.1) is 11.7 Å². The Morgan fingerprint density at radius 2 is 1.87 bits per heavy atom. The van der Waals surface area contributed by atoms with E-state index >= 15 is 0 Å². The van der Waals surface area contributed by atoms with Crippen molar-refractivity contribution < 1.29 is 23.8 Å². The number of ether oxygens (including phenoxy) is 1. The molecule has 0 aliphatic carbocycles. The number of benzene rings is 2. The zero-order valence-electron chi connectivity index (χ0n) is 18.3. The van der Waals surface area contributed by atoms with Crippen molar-refractivity contribution in [3.8, 4) is 5.75 Å². The summed E-state index contributed by atoms with van der Waals surface area (Å²) in [5.74, 6) is -0.704. The highest BCUT2D eigenvalue weighted by Crippen LogP contribution is 2.42. The Hall–Kier alpha value is -3.09. The predicted molar refractivity (Wildman–Crippen MR) is 117 cm³/mol. The normalized spacial score (nSPS) is 18.3. The molecule has 166 valence electrons. The van der Waals surface area contributed by atoms with E-state index < -0.39 is 5.97 Å². The number of carboxylic acids is 1. The molecule has 3 atom stereocenters. The molecule has 0 saturated carbocycles. The number of fused-ring (bicyclic) bond motifs is 1. The van der Waals surface area contributed by atoms with Crippen molar-refractivity contribution >= 4 is 17.6 Å². The van der Waals surface area contributed by atoms with E-state index in [-0.39, 0.29) is 48.7 Å². The van der Waals surface area contributed by atoms with Gasteiger partial charge < -0.3 is 20.1 Å². The smallest absolute Gasteiger partial charge is 0.305 e. The van der Waals surface area contributed by atoms with Gasteiger partial charge in [-0.05, 0) is 42.3 Å². The van der Waals surface area contributed by atoms with Gasteiger partial charge in [-0.15, -0.1) is 0 Å². The van der Waals surface area contributed by atoms with Gasteiger partial charge in [0.2, 0.25) is 0 Å². The number of rotatable bonds is 8. The van der Waals surface area contributed by atoms with Gasteiger partial charge >= 0.3 is 5.97 Å². The third kappa shape index (κ3) is 4.98. The Bertz CT molecular complexity index is 945. The molecule has 1 amide bonds. The van der Waals surface area contributed by atoms with Crippen LogP contribution in [0.25, 0.3) is 0 Å². The third-order valence-corrected chi connectivity index (χ3v) is 5.77. The van der Waals surface area contributed by atoms with Gasteiger partial charge in [0.05, 0.1) is 12.5 Å². The maximum absolute atomic E-state index is 14.3. The van der Waals surface area contributed by atoms with E-state index in [4.69, 9.17) is 9.84 Å². The van der Waals surface area contributed by atoms with Gasteiger partial charge in [-0.3, -0.25) is 9.59 Å². The summed E-state index contributed by atoms with van der Waals surface area (Å²) in [7, 11) is 1.59. The molecule has 1 aliphatic heterocycles. The van der Waals surface area contributed by atoms with Gasteiger partial charge in [0.1, 0.15) is 17.7 Å². The van der Waals surface area contributed by atoms with Crippen LogP contribution in [0.1, 0.15) is 49.0 Å². The quantitative estimate of drug-likeness (QED) is 0.653. The maximum Gasteiger partial charge on any atom is 0.305 e. The summed E-state index contributed by atoms with van der Waals surface area (Å²) in [6.07, 6.45) is -0.323. The summed E-state index contributed by atoms with van der Waals surface area (Å²) < 4.78 is 20.4. The minimum absolute atomic E-state index is 0.0680. The summed E-state index contributed by atoms with van der Waals surface area (Å²) in [5, 5.41) is 12.3. The topological polar surface area (TPSA) is 78.9 Å². The highest BCUT2D eigenvalue weighted by Gasteiger charge is 2.39. The van der Waals surface area contributed by atoms with Gasteiger partial charge in [0.25, 0.3) is 5.91 Å². The van der Waals surface area contributed by atoms with Crippen LogP contribution in [0.15, 0.2) is 42.5 Å². The van der Waals surface area contributed by atoms with Crippen LogP contribution in [0.3, 0.4) is 0 Å². The Morgan fingerprint density at radius 1 is 1.19 bits per heavy atom. The predicted octanol–water partition coefficient (Wildman–Crippen LogP) is 4.37. The summed E-state index contributed by atoms with van der Waals surface area (Å²) in [6, 6.07) is 11.9. The number of halogens is 1. The van der Waals surface area contributed by atoms with E-state index in [1.807, 2.05) is 19.1 Å². The number of carbonyl (C=O) groups excluding carboxylic acids is 1. The number of hydrogen-bond donors (Lipinski definition) is 2. The monoisotopic (exact) mass is 428 g/mol. The summed E-state index contributed by atoms with van der Waals surface area (Å²) in [4.78, 5) is 24.6. The Labute approximate surface area is 182 Å². The van der Waals surface area contributed by atoms with Crippen LogP contribution >= 0.6 is 0 Å². The molecule has 7 heteroatoms. The van der Waals surface area contributed by atoms with Crippen molar-refractivity contribution in [2.45, 2.75) is 45.3 Å². The van der Waals surface area contributed by atoms with E-state index in [0.29, 0.717) is 16.9 Å². The molecule has 2 N–H and O–H groups in total. The zero-order chi connectivity index (χ0) is 22.7. The molecular formula is C24H29FN2O4. The number of amides is 1. The van der Waals surface area contributed by atoms with Gasteiger partial charge in [0, 0.05) is 36.3 Å². The largest absolute Gasteiger partial charge is 0.487 e. The van der Waals surface area contributed by atoms with E-state index in [9.17, 15) is 14.0 Å². The van der Waals surface area contributed by atoms with Crippen molar-refractivity contribution in [3.05, 3.63) is 59.4 Å². The molecule has 31 heavy (non-hydrogen) atoms. The van der Waals surface area contributed by atoms with Crippen molar-refractivity contribution in [2.24, 2.45) is 5.92 Å². The van der Waals surface area contributed by atoms with Gasteiger partial charge in [-0.1, -0.05) is 26.8 Å². The van der Waals surface area contributed by atoms with Crippen molar-refractivity contribution in [1.29, 1.82) is 0 Å². The molecule has 1 heterocycles. The highest BCUT2D eigenvalue weighted by molar-refractivity contribution is 5.94. The van der Waals surface area contributed by atoms with E-state index in [1.165, 1.54) is 11.0 Å². The average Bonchev–Trinajstić information content (AvgIpc) is 3.07. The van der Waals surface area contributed by atoms with Crippen LogP contribution < -0.4 is 10.1 Å². The van der Waals surface area contributed by atoms with Crippen LogP contribution in [0.2, 0.25) is 0 Å². The molecular weight excluding hydrogens is 399 g/mol. The first-order valence-corrected chi connectivity index (χ1v) is 10.5. The van der Waals surface area contributed by atoms with Crippen molar-refractivity contribution in [2.75, 3.05) is 18.9 Å². The number of hydrogen-bond acceptors (Lipinski definition) is 4. The lowest BCUT2D eigenvalue weighted by atomic mass is 9.87. The zero-order valence-corrected chi connectivity index (χ0v) is 18.3. The molecule has 0 aromatic heterocycles. The van der Waals surface area contributed by atoms with Crippen LogP contribution in [-0.2, 0) is 4.79 Å². The van der Waals surface area contributed by atoms with Gasteiger partial charge in [0.15, 0.2) is 0 Å². The van der Waals surface area contributed by atoms with Crippen LogP contribution in [-0.4, -0.2) is 47.6 Å². The number of nitrogens with one attached hydrogen (secondary N) is 1. The highest BCUT2D eigenvalue weighted by atomic mass is 19.1. The van der Waals surface area contributed by atoms with Crippen LogP contribution in [0.4, 0.5) is 10.1 Å². The number of carboxylic acid groups (broad SMARTS) is 1. The lowest BCUT2D eigenvalue weighted by Gasteiger charge is -2.31.